The van der Waals surface area contributed by atoms with Crippen molar-refractivity contribution in [1.82, 2.24) is 4.98 Å². The van der Waals surface area contributed by atoms with Crippen LogP contribution in [0.4, 0.5) is 16.2 Å². The zero-order chi connectivity index (χ0) is 23.9. The fraction of sp³-hybridized carbons (Fsp3) is 0.115. The summed E-state index contributed by atoms with van der Waals surface area (Å²) in [5.74, 6) is 1.49. The second kappa shape index (κ2) is 10.3. The smallest absolute Gasteiger partial charge is 0.323 e. The highest BCUT2D eigenvalue weighted by Crippen LogP contribution is 2.33. The van der Waals surface area contributed by atoms with E-state index in [-0.39, 0.29) is 6.03 Å². The highest BCUT2D eigenvalue weighted by molar-refractivity contribution is 5.99. The van der Waals surface area contributed by atoms with Crippen LogP contribution in [0.2, 0.25) is 0 Å². The van der Waals surface area contributed by atoms with Crippen molar-refractivity contribution >= 4 is 28.3 Å². The number of nitrogens with zero attached hydrogens (tertiary/aromatic N) is 2. The van der Waals surface area contributed by atoms with Crippen LogP contribution in [0.15, 0.2) is 79.0 Å². The van der Waals surface area contributed by atoms with Crippen LogP contribution >= 0.6 is 0 Å². The summed E-state index contributed by atoms with van der Waals surface area (Å²) in [6, 6.07) is 23.0. The molecule has 1 atom stereocenters. The molecule has 3 aromatic carbocycles. The van der Waals surface area contributed by atoms with Crippen LogP contribution in [0, 0.1) is 11.3 Å². The normalized spacial score (nSPS) is 11.3. The molecule has 0 spiro atoms. The Morgan fingerprint density at radius 1 is 0.971 bits per heavy atom. The number of hydrogen-bond acceptors (Lipinski definition) is 6. The zero-order valence-electron chi connectivity index (χ0n) is 18.6. The molecule has 1 heterocycles. The highest BCUT2D eigenvalue weighted by Gasteiger charge is 2.13. The summed E-state index contributed by atoms with van der Waals surface area (Å²) < 4.78 is 16.8. The number of benzene rings is 3. The molecule has 4 rings (SSSR count). The lowest BCUT2D eigenvalue weighted by atomic mass is 10.1. The third-order valence-corrected chi connectivity index (χ3v) is 4.92. The summed E-state index contributed by atoms with van der Waals surface area (Å²) in [5, 5.41) is 15.8. The summed E-state index contributed by atoms with van der Waals surface area (Å²) in [4.78, 5) is 16.5. The van der Waals surface area contributed by atoms with Crippen molar-refractivity contribution in [3.8, 4) is 23.3 Å². The fourth-order valence-corrected chi connectivity index (χ4v) is 3.20. The number of hydrogen-bond donors (Lipinski definition) is 2. The number of carbonyl (C=O) groups excluding carboxylic acids is 1. The number of pyridine rings is 1. The first-order chi connectivity index (χ1) is 16.6. The van der Waals surface area contributed by atoms with Gasteiger partial charge in [0.1, 0.15) is 23.3 Å². The first-order valence-electron chi connectivity index (χ1n) is 10.5. The zero-order valence-corrected chi connectivity index (χ0v) is 18.6. The molecule has 170 valence electrons. The Balaban J connectivity index is 1.50. The average Bonchev–Trinajstić information content (AvgIpc) is 2.85. The molecular weight excluding hydrogens is 432 g/mol. The van der Waals surface area contributed by atoms with Gasteiger partial charge in [-0.1, -0.05) is 18.2 Å². The Morgan fingerprint density at radius 2 is 1.68 bits per heavy atom. The second-order valence-electron chi connectivity index (χ2n) is 7.28. The Hall–Kier alpha value is -4.61. The molecule has 0 radical (unpaired) electrons. The van der Waals surface area contributed by atoms with Crippen molar-refractivity contribution in [2.24, 2.45) is 0 Å². The number of para-hydroxylation sites is 1. The third kappa shape index (κ3) is 5.41. The highest BCUT2D eigenvalue weighted by atomic mass is 16.7. The largest absolute Gasteiger partial charge is 0.464 e. The third-order valence-electron chi connectivity index (χ3n) is 4.92. The minimum absolute atomic E-state index is 0.343. The van der Waals surface area contributed by atoms with Crippen LogP contribution in [0.1, 0.15) is 12.5 Å². The number of nitriles is 1. The standard InChI is InChI=1S/C26H22N4O4/c1-17(32-2)33-25-15-23-22(14-18(25)16-27)24(12-13-28-23)34-21-10-8-20(9-11-21)30-26(31)29-19-6-4-3-5-7-19/h3-15,17H,1-2H3,(H2,29,30,31). The molecule has 0 bridgehead atoms. The predicted octanol–water partition coefficient (Wildman–Crippen LogP) is 5.91. The quantitative estimate of drug-likeness (QED) is 0.336. The van der Waals surface area contributed by atoms with E-state index in [9.17, 15) is 10.1 Å². The number of urea groups is 1. The van der Waals surface area contributed by atoms with Gasteiger partial charge in [-0.05, 0) is 55.5 Å². The van der Waals surface area contributed by atoms with E-state index >= 15 is 0 Å². The second-order valence-corrected chi connectivity index (χ2v) is 7.28. The van der Waals surface area contributed by atoms with Crippen LogP contribution < -0.4 is 20.1 Å². The van der Waals surface area contributed by atoms with Gasteiger partial charge >= 0.3 is 6.03 Å². The molecule has 0 saturated heterocycles. The van der Waals surface area contributed by atoms with E-state index in [4.69, 9.17) is 14.2 Å². The maximum absolute atomic E-state index is 12.2. The van der Waals surface area contributed by atoms with Crippen molar-refractivity contribution in [3.05, 3.63) is 84.6 Å². The van der Waals surface area contributed by atoms with Gasteiger partial charge in [-0.15, -0.1) is 0 Å². The number of aromatic nitrogens is 1. The van der Waals surface area contributed by atoms with Gasteiger partial charge in [-0.2, -0.15) is 5.26 Å². The molecule has 0 fully saturated rings. The summed E-state index contributed by atoms with van der Waals surface area (Å²) in [7, 11) is 1.53. The van der Waals surface area contributed by atoms with Gasteiger partial charge in [0.05, 0.1) is 11.1 Å². The molecule has 2 amide bonds. The Morgan fingerprint density at radius 3 is 2.35 bits per heavy atom. The van der Waals surface area contributed by atoms with Gasteiger partial charge in [-0.25, -0.2) is 4.79 Å². The van der Waals surface area contributed by atoms with E-state index in [1.54, 1.807) is 67.7 Å². The van der Waals surface area contributed by atoms with Crippen molar-refractivity contribution in [1.29, 1.82) is 5.26 Å². The molecule has 4 aromatic rings. The molecule has 2 N–H and O–H groups in total. The molecule has 0 aliphatic rings. The summed E-state index contributed by atoms with van der Waals surface area (Å²) in [6.45, 7) is 1.74. The van der Waals surface area contributed by atoms with E-state index in [1.807, 2.05) is 18.2 Å². The SMILES string of the molecule is COC(C)Oc1cc2nccc(Oc3ccc(NC(=O)Nc4ccccc4)cc3)c2cc1C#N. The molecule has 8 heteroatoms. The summed E-state index contributed by atoms with van der Waals surface area (Å²) >= 11 is 0. The van der Waals surface area contributed by atoms with E-state index < -0.39 is 6.29 Å². The lowest BCUT2D eigenvalue weighted by molar-refractivity contribution is -0.0383. The van der Waals surface area contributed by atoms with Gasteiger partial charge in [0.25, 0.3) is 0 Å². The molecule has 0 saturated carbocycles. The average molecular weight is 454 g/mol. The first-order valence-corrected chi connectivity index (χ1v) is 10.5. The number of methoxy groups -OCH3 is 1. The molecule has 8 nitrogen and oxygen atoms in total. The minimum atomic E-state index is -0.508. The Bertz CT molecular complexity index is 1340. The van der Waals surface area contributed by atoms with Crippen LogP contribution in [0.5, 0.6) is 17.2 Å². The number of rotatable bonds is 7. The fourth-order valence-electron chi connectivity index (χ4n) is 3.20. The van der Waals surface area contributed by atoms with Gasteiger partial charge in [0, 0.05) is 36.1 Å². The maximum Gasteiger partial charge on any atom is 0.323 e. The number of carbonyl (C=O) groups is 1. The van der Waals surface area contributed by atoms with Crippen LogP contribution in [-0.2, 0) is 4.74 Å². The van der Waals surface area contributed by atoms with Crippen LogP contribution in [0.25, 0.3) is 10.9 Å². The molecular formula is C26H22N4O4. The minimum Gasteiger partial charge on any atom is -0.464 e. The van der Waals surface area contributed by atoms with Crippen molar-refractivity contribution in [3.63, 3.8) is 0 Å². The lowest BCUT2D eigenvalue weighted by Crippen LogP contribution is -2.19. The first kappa shape index (κ1) is 22.6. The van der Waals surface area contributed by atoms with Gasteiger partial charge in [0.15, 0.2) is 6.29 Å². The van der Waals surface area contributed by atoms with E-state index in [2.05, 4.69) is 21.7 Å². The van der Waals surface area contributed by atoms with E-state index in [0.29, 0.717) is 45.1 Å². The number of fused-ring (bicyclic) bond motifs is 1. The molecule has 0 aliphatic carbocycles. The Kier molecular flexibility index (Phi) is 6.87. The van der Waals surface area contributed by atoms with Gasteiger partial charge < -0.3 is 24.8 Å². The van der Waals surface area contributed by atoms with Crippen LogP contribution in [0.3, 0.4) is 0 Å². The number of ether oxygens (including phenoxy) is 3. The van der Waals surface area contributed by atoms with Gasteiger partial charge in [0.2, 0.25) is 0 Å². The monoisotopic (exact) mass is 454 g/mol. The molecule has 1 unspecified atom stereocenters. The topological polar surface area (TPSA) is 106 Å². The van der Waals surface area contributed by atoms with Gasteiger partial charge in [-0.3, -0.25) is 4.98 Å². The molecule has 0 aliphatic heterocycles. The number of anilines is 2. The summed E-state index contributed by atoms with van der Waals surface area (Å²) in [5.41, 5.74) is 2.27. The lowest BCUT2D eigenvalue weighted by Gasteiger charge is -2.15. The number of nitrogens with one attached hydrogen (secondary N) is 2. The molecule has 34 heavy (non-hydrogen) atoms. The van der Waals surface area contributed by atoms with Crippen molar-refractivity contribution in [2.75, 3.05) is 17.7 Å². The molecule has 1 aromatic heterocycles. The number of amides is 2. The van der Waals surface area contributed by atoms with Crippen molar-refractivity contribution < 1.29 is 19.0 Å². The van der Waals surface area contributed by atoms with E-state index in [0.717, 1.165) is 0 Å². The maximum atomic E-state index is 12.2. The predicted molar refractivity (Wildman–Crippen MR) is 129 cm³/mol. The van der Waals surface area contributed by atoms with E-state index in [1.165, 1.54) is 7.11 Å². The Labute approximate surface area is 196 Å². The van der Waals surface area contributed by atoms with Crippen LogP contribution in [-0.4, -0.2) is 24.4 Å². The van der Waals surface area contributed by atoms with Crippen molar-refractivity contribution in [2.45, 2.75) is 13.2 Å². The summed E-state index contributed by atoms with van der Waals surface area (Å²) in [6.07, 6.45) is 1.11.